The number of methoxy groups -OCH3 is 2. The Balaban J connectivity index is 2.20. The summed E-state index contributed by atoms with van der Waals surface area (Å²) in [5.74, 6) is -0.0450. The number of alkyl halides is 1. The van der Waals surface area contributed by atoms with Gasteiger partial charge in [0.15, 0.2) is 0 Å². The van der Waals surface area contributed by atoms with Crippen molar-refractivity contribution in [2.75, 3.05) is 19.5 Å². The maximum absolute atomic E-state index is 13.2. The second-order valence-electron chi connectivity index (χ2n) is 5.07. The molecule has 2 rings (SSSR count). The normalized spacial score (nSPS) is 12.1. The number of hydrogen-bond acceptors (Lipinski definition) is 8. The van der Waals surface area contributed by atoms with Gasteiger partial charge in [-0.25, -0.2) is 22.3 Å². The molecule has 2 amide bonds. The van der Waals surface area contributed by atoms with Gasteiger partial charge >= 0.3 is 6.03 Å². The number of aromatic nitrogens is 3. The van der Waals surface area contributed by atoms with Crippen molar-refractivity contribution in [3.05, 3.63) is 36.5 Å². The molecule has 0 aliphatic carbocycles. The Bertz CT molecular complexity index is 900. The molecule has 2 N–H and O–H groups in total. The second kappa shape index (κ2) is 8.58. The molecule has 0 saturated heterocycles. The standard InChI is InChI=1S/C15H17FN5O5S/c1-9(16)7-10-11(5-4-6-17-10)27(23,24)21-15(22)20-14-18-12(25-2)8-13(19-14)26-3/h4-9H,1-3H3,(H2,18,19,20,21,22). The van der Waals surface area contributed by atoms with Crippen molar-refractivity contribution in [2.45, 2.75) is 18.0 Å². The number of rotatable bonds is 7. The molecule has 27 heavy (non-hydrogen) atoms. The van der Waals surface area contributed by atoms with Crippen LogP contribution in [0.1, 0.15) is 12.6 Å². The molecule has 2 heterocycles. The first kappa shape index (κ1) is 20.3. The van der Waals surface area contributed by atoms with E-state index in [1.807, 2.05) is 0 Å². The van der Waals surface area contributed by atoms with Gasteiger partial charge in [0.1, 0.15) is 11.1 Å². The molecule has 0 spiro atoms. The number of nitrogens with zero attached hydrogens (tertiary/aromatic N) is 3. The van der Waals surface area contributed by atoms with Crippen molar-refractivity contribution in [2.24, 2.45) is 0 Å². The summed E-state index contributed by atoms with van der Waals surface area (Å²) < 4.78 is 49.7. The monoisotopic (exact) mass is 398 g/mol. The van der Waals surface area contributed by atoms with E-state index in [9.17, 15) is 17.6 Å². The number of halogens is 1. The number of ether oxygens (including phenoxy) is 2. The molecule has 2 aromatic rings. The van der Waals surface area contributed by atoms with Crippen molar-refractivity contribution >= 4 is 22.0 Å². The van der Waals surface area contributed by atoms with Crippen LogP contribution in [0.2, 0.25) is 0 Å². The predicted molar refractivity (Wildman–Crippen MR) is 92.7 cm³/mol. The van der Waals surface area contributed by atoms with E-state index in [0.717, 1.165) is 6.42 Å². The molecule has 1 radical (unpaired) electrons. The van der Waals surface area contributed by atoms with Crippen LogP contribution in [0.3, 0.4) is 0 Å². The first-order chi connectivity index (χ1) is 12.7. The highest BCUT2D eigenvalue weighted by molar-refractivity contribution is 7.90. The summed E-state index contributed by atoms with van der Waals surface area (Å²) in [7, 11) is -1.63. The molecule has 0 bridgehead atoms. The minimum absolute atomic E-state index is 0.0982. The number of sulfonamides is 1. The third-order valence-corrected chi connectivity index (χ3v) is 4.40. The Morgan fingerprint density at radius 2 is 1.89 bits per heavy atom. The predicted octanol–water partition coefficient (Wildman–Crippen LogP) is 1.31. The van der Waals surface area contributed by atoms with Crippen LogP contribution >= 0.6 is 0 Å². The molecule has 1 unspecified atom stereocenters. The van der Waals surface area contributed by atoms with Gasteiger partial charge in [0, 0.05) is 12.6 Å². The summed E-state index contributed by atoms with van der Waals surface area (Å²) >= 11 is 0. The van der Waals surface area contributed by atoms with E-state index in [1.165, 1.54) is 45.5 Å². The van der Waals surface area contributed by atoms with Crippen molar-refractivity contribution < 1.29 is 27.1 Å². The first-order valence-electron chi connectivity index (χ1n) is 7.50. The maximum atomic E-state index is 13.2. The lowest BCUT2D eigenvalue weighted by molar-refractivity contribution is 0.256. The molecule has 145 valence electrons. The van der Waals surface area contributed by atoms with E-state index in [0.29, 0.717) is 0 Å². The molecule has 0 fully saturated rings. The summed E-state index contributed by atoms with van der Waals surface area (Å²) in [4.78, 5) is 23.2. The van der Waals surface area contributed by atoms with Crippen molar-refractivity contribution in [3.63, 3.8) is 0 Å². The summed E-state index contributed by atoms with van der Waals surface area (Å²) in [5.41, 5.74) is -0.118. The zero-order valence-corrected chi connectivity index (χ0v) is 15.4. The Morgan fingerprint density at radius 3 is 2.44 bits per heavy atom. The number of amides is 2. The second-order valence-corrected chi connectivity index (χ2v) is 6.72. The summed E-state index contributed by atoms with van der Waals surface area (Å²) in [6, 6.07) is 2.79. The van der Waals surface area contributed by atoms with Crippen molar-refractivity contribution in [1.82, 2.24) is 19.7 Å². The topological polar surface area (TPSA) is 132 Å². The zero-order chi connectivity index (χ0) is 20.0. The highest BCUT2D eigenvalue weighted by atomic mass is 32.2. The lowest BCUT2D eigenvalue weighted by Crippen LogP contribution is -2.35. The third kappa shape index (κ3) is 5.48. The van der Waals surface area contributed by atoms with Crippen LogP contribution in [-0.2, 0) is 10.0 Å². The van der Waals surface area contributed by atoms with Gasteiger partial charge < -0.3 is 9.47 Å². The molecular weight excluding hydrogens is 381 g/mol. The first-order valence-corrected chi connectivity index (χ1v) is 8.98. The van der Waals surface area contributed by atoms with Crippen LogP contribution in [0.4, 0.5) is 15.1 Å². The Kier molecular flexibility index (Phi) is 6.45. The highest BCUT2D eigenvalue weighted by Gasteiger charge is 2.23. The van der Waals surface area contributed by atoms with Gasteiger partial charge in [-0.05, 0) is 19.1 Å². The molecule has 12 heteroatoms. The number of pyridine rings is 1. The SMILES string of the molecule is COc1cc(OC)nc(NC(=O)NS(=O)(=O)c2cccnc2[CH]C(C)F)n1. The Morgan fingerprint density at radius 1 is 1.26 bits per heavy atom. The molecule has 1 atom stereocenters. The molecular formula is C15H17FN5O5S. The minimum atomic E-state index is -4.33. The van der Waals surface area contributed by atoms with Crippen LogP contribution < -0.4 is 19.5 Å². The van der Waals surface area contributed by atoms with Gasteiger partial charge in [-0.2, -0.15) is 9.97 Å². The quantitative estimate of drug-likeness (QED) is 0.713. The fraction of sp³-hybridized carbons (Fsp3) is 0.267. The minimum Gasteiger partial charge on any atom is -0.481 e. The van der Waals surface area contributed by atoms with Gasteiger partial charge in [0.05, 0.1) is 26.0 Å². The van der Waals surface area contributed by atoms with E-state index in [-0.39, 0.29) is 28.3 Å². The number of carbonyl (C=O) groups is 1. The molecule has 10 nitrogen and oxygen atoms in total. The Hall–Kier alpha value is -3.02. The Labute approximate surface area is 155 Å². The van der Waals surface area contributed by atoms with E-state index < -0.39 is 22.2 Å². The lowest BCUT2D eigenvalue weighted by Gasteiger charge is -2.12. The van der Waals surface area contributed by atoms with Gasteiger partial charge in [-0.15, -0.1) is 0 Å². The van der Waals surface area contributed by atoms with Crippen LogP contribution in [0.25, 0.3) is 0 Å². The fourth-order valence-electron chi connectivity index (χ4n) is 1.95. The van der Waals surface area contributed by atoms with Crippen LogP contribution in [0, 0.1) is 6.42 Å². The number of hydrogen-bond donors (Lipinski definition) is 2. The smallest absolute Gasteiger partial charge is 0.335 e. The number of nitrogens with one attached hydrogen (secondary N) is 2. The number of anilines is 1. The van der Waals surface area contributed by atoms with Crippen molar-refractivity contribution in [3.8, 4) is 11.8 Å². The van der Waals surface area contributed by atoms with Crippen LogP contribution in [0.5, 0.6) is 11.8 Å². The van der Waals surface area contributed by atoms with Gasteiger partial charge in [-0.1, -0.05) is 0 Å². The van der Waals surface area contributed by atoms with E-state index in [1.54, 1.807) is 4.72 Å². The highest BCUT2D eigenvalue weighted by Crippen LogP contribution is 2.19. The third-order valence-electron chi connectivity index (χ3n) is 3.03. The summed E-state index contributed by atoms with van der Waals surface area (Å²) in [5, 5.41) is 2.16. The van der Waals surface area contributed by atoms with Crippen LogP contribution in [-0.4, -0.2) is 49.8 Å². The summed E-state index contributed by atoms with van der Waals surface area (Å²) in [6.45, 7) is 1.22. The zero-order valence-electron chi connectivity index (χ0n) is 14.6. The largest absolute Gasteiger partial charge is 0.481 e. The average Bonchev–Trinajstić information content (AvgIpc) is 2.60. The van der Waals surface area contributed by atoms with Crippen molar-refractivity contribution in [1.29, 1.82) is 0 Å². The maximum Gasteiger partial charge on any atom is 0.335 e. The molecule has 0 aliphatic rings. The van der Waals surface area contributed by atoms with E-state index in [4.69, 9.17) is 9.47 Å². The molecule has 2 aromatic heterocycles. The van der Waals surface area contributed by atoms with E-state index in [2.05, 4.69) is 20.3 Å². The molecule has 0 aromatic carbocycles. The van der Waals surface area contributed by atoms with Crippen LogP contribution in [0.15, 0.2) is 29.3 Å². The van der Waals surface area contributed by atoms with Gasteiger partial charge in [0.25, 0.3) is 10.0 Å². The fourth-order valence-corrected chi connectivity index (χ4v) is 3.00. The number of carbonyl (C=O) groups excluding carboxylic acids is 1. The molecule has 0 saturated carbocycles. The lowest BCUT2D eigenvalue weighted by atomic mass is 10.2. The van der Waals surface area contributed by atoms with Gasteiger partial charge in [0.2, 0.25) is 17.7 Å². The molecule has 0 aliphatic heterocycles. The van der Waals surface area contributed by atoms with Gasteiger partial charge in [-0.3, -0.25) is 10.3 Å². The number of urea groups is 1. The van der Waals surface area contributed by atoms with E-state index >= 15 is 0 Å². The average molecular weight is 398 g/mol. The summed E-state index contributed by atoms with van der Waals surface area (Å²) in [6.07, 6.45) is 0.895.